The minimum atomic E-state index is -0.318. The summed E-state index contributed by atoms with van der Waals surface area (Å²) in [6, 6.07) is 25.1. The number of hydrogen-bond acceptors (Lipinski definition) is 2. The molecule has 0 amide bonds. The molecule has 0 spiro atoms. The molecule has 4 heteroatoms. The van der Waals surface area contributed by atoms with Crippen molar-refractivity contribution >= 4 is 10.8 Å². The van der Waals surface area contributed by atoms with Crippen LogP contribution >= 0.6 is 0 Å². The van der Waals surface area contributed by atoms with Gasteiger partial charge in [-0.25, -0.2) is 13.8 Å². The number of aryl methyl sites for hydroxylation is 1. The van der Waals surface area contributed by atoms with Gasteiger partial charge in [0.1, 0.15) is 11.6 Å². The van der Waals surface area contributed by atoms with Crippen LogP contribution in [0.5, 0.6) is 0 Å². The molecule has 5 aromatic rings. The third-order valence-corrected chi connectivity index (χ3v) is 5.38. The van der Waals surface area contributed by atoms with E-state index in [0.717, 1.165) is 33.0 Å². The van der Waals surface area contributed by atoms with Gasteiger partial charge >= 0.3 is 0 Å². The van der Waals surface area contributed by atoms with Crippen LogP contribution < -0.4 is 0 Å². The first kappa shape index (κ1) is 19.1. The number of fused-ring (bicyclic) bond motifs is 1. The average Bonchev–Trinajstić information content (AvgIpc) is 2.79. The Labute approximate surface area is 178 Å². The Bertz CT molecular complexity index is 1410. The molecule has 150 valence electrons. The molecular weight excluding hydrogens is 390 g/mol. The molecule has 1 aromatic heterocycles. The summed E-state index contributed by atoms with van der Waals surface area (Å²) in [5.41, 5.74) is 5.21. The van der Waals surface area contributed by atoms with E-state index in [4.69, 9.17) is 9.97 Å². The monoisotopic (exact) mass is 408 g/mol. The van der Waals surface area contributed by atoms with Crippen molar-refractivity contribution in [3.8, 4) is 33.8 Å². The third-order valence-electron chi connectivity index (χ3n) is 5.38. The van der Waals surface area contributed by atoms with E-state index in [1.807, 2.05) is 25.1 Å². The van der Waals surface area contributed by atoms with Crippen LogP contribution in [0.1, 0.15) is 5.56 Å². The Morgan fingerprint density at radius 2 is 1.35 bits per heavy atom. The van der Waals surface area contributed by atoms with Crippen LogP contribution in [0.15, 0.2) is 91.1 Å². The Morgan fingerprint density at radius 3 is 2.13 bits per heavy atom. The van der Waals surface area contributed by atoms with Gasteiger partial charge in [0.15, 0.2) is 0 Å². The fourth-order valence-corrected chi connectivity index (χ4v) is 3.78. The van der Waals surface area contributed by atoms with Crippen molar-refractivity contribution in [2.75, 3.05) is 0 Å². The molecule has 0 bridgehead atoms. The molecular formula is C27H18F2N2. The molecule has 2 nitrogen and oxygen atoms in total. The summed E-state index contributed by atoms with van der Waals surface area (Å²) in [5, 5.41) is 2.26. The first-order valence-electron chi connectivity index (χ1n) is 9.97. The zero-order valence-corrected chi connectivity index (χ0v) is 16.8. The summed E-state index contributed by atoms with van der Waals surface area (Å²) >= 11 is 0. The van der Waals surface area contributed by atoms with Gasteiger partial charge in [-0.2, -0.15) is 0 Å². The number of aromatic nitrogens is 2. The first-order chi connectivity index (χ1) is 15.1. The summed E-state index contributed by atoms with van der Waals surface area (Å²) in [6.45, 7) is 1.84. The van der Waals surface area contributed by atoms with Crippen molar-refractivity contribution in [3.63, 3.8) is 0 Å². The molecule has 0 radical (unpaired) electrons. The highest BCUT2D eigenvalue weighted by Gasteiger charge is 2.15. The zero-order valence-electron chi connectivity index (χ0n) is 16.8. The molecule has 4 aromatic carbocycles. The highest BCUT2D eigenvalue weighted by molar-refractivity contribution is 5.87. The predicted molar refractivity (Wildman–Crippen MR) is 120 cm³/mol. The Morgan fingerprint density at radius 1 is 0.645 bits per heavy atom. The lowest BCUT2D eigenvalue weighted by molar-refractivity contribution is 0.626. The topological polar surface area (TPSA) is 25.8 Å². The van der Waals surface area contributed by atoms with Crippen LogP contribution in [0.2, 0.25) is 0 Å². The van der Waals surface area contributed by atoms with E-state index in [9.17, 15) is 8.78 Å². The maximum absolute atomic E-state index is 13.7. The largest absolute Gasteiger partial charge is 0.252 e. The molecule has 0 atom stereocenters. The Hall–Kier alpha value is -3.92. The van der Waals surface area contributed by atoms with E-state index in [2.05, 4.69) is 24.3 Å². The van der Waals surface area contributed by atoms with Gasteiger partial charge < -0.3 is 0 Å². The summed E-state index contributed by atoms with van der Waals surface area (Å²) in [7, 11) is 0. The van der Waals surface area contributed by atoms with Gasteiger partial charge in [0.05, 0.1) is 23.3 Å². The van der Waals surface area contributed by atoms with Crippen molar-refractivity contribution < 1.29 is 8.78 Å². The minimum Gasteiger partial charge on any atom is -0.252 e. The molecule has 0 aliphatic carbocycles. The third kappa shape index (κ3) is 3.68. The quantitative estimate of drug-likeness (QED) is 0.315. The van der Waals surface area contributed by atoms with Crippen LogP contribution in [0.3, 0.4) is 0 Å². The van der Waals surface area contributed by atoms with E-state index in [1.165, 1.54) is 24.3 Å². The molecule has 0 N–H and O–H groups in total. The minimum absolute atomic E-state index is 0.301. The van der Waals surface area contributed by atoms with Crippen LogP contribution in [0, 0.1) is 18.6 Å². The van der Waals surface area contributed by atoms with E-state index in [1.54, 1.807) is 24.4 Å². The fraction of sp³-hybridized carbons (Fsp3) is 0.0370. The lowest BCUT2D eigenvalue weighted by Crippen LogP contribution is -1.98. The van der Waals surface area contributed by atoms with E-state index in [0.29, 0.717) is 17.1 Å². The van der Waals surface area contributed by atoms with Crippen molar-refractivity contribution in [1.82, 2.24) is 9.97 Å². The van der Waals surface area contributed by atoms with Gasteiger partial charge in [0.25, 0.3) is 0 Å². The van der Waals surface area contributed by atoms with Gasteiger partial charge in [-0.3, -0.25) is 4.98 Å². The van der Waals surface area contributed by atoms with E-state index in [-0.39, 0.29) is 11.6 Å². The summed E-state index contributed by atoms with van der Waals surface area (Å²) in [6.07, 6.45) is 1.73. The van der Waals surface area contributed by atoms with Crippen LogP contribution in [-0.4, -0.2) is 9.97 Å². The molecule has 0 saturated heterocycles. The molecule has 0 aliphatic heterocycles. The number of rotatable bonds is 3. The molecule has 0 saturated carbocycles. The van der Waals surface area contributed by atoms with Gasteiger partial charge in [0, 0.05) is 16.7 Å². The number of nitrogens with zero attached hydrogens (tertiary/aromatic N) is 2. The van der Waals surface area contributed by atoms with Crippen LogP contribution in [-0.2, 0) is 0 Å². The Kier molecular flexibility index (Phi) is 4.75. The second-order valence-corrected chi connectivity index (χ2v) is 7.48. The van der Waals surface area contributed by atoms with Crippen molar-refractivity contribution in [1.29, 1.82) is 0 Å². The number of benzene rings is 4. The second-order valence-electron chi connectivity index (χ2n) is 7.48. The summed E-state index contributed by atoms with van der Waals surface area (Å²) in [4.78, 5) is 9.63. The van der Waals surface area contributed by atoms with Crippen molar-refractivity contribution in [3.05, 3.63) is 108 Å². The van der Waals surface area contributed by atoms with E-state index < -0.39 is 0 Å². The fourth-order valence-electron chi connectivity index (χ4n) is 3.78. The lowest BCUT2D eigenvalue weighted by atomic mass is 9.99. The van der Waals surface area contributed by atoms with E-state index >= 15 is 0 Å². The smallest absolute Gasteiger partial charge is 0.123 e. The molecule has 31 heavy (non-hydrogen) atoms. The molecule has 0 aliphatic rings. The normalized spacial score (nSPS) is 11.1. The molecule has 0 fully saturated rings. The lowest BCUT2D eigenvalue weighted by Gasteiger charge is -2.13. The SMILES string of the molecule is Cc1cc(F)ccc1-c1ncc(-c2ccc3ccccc3c2)nc1-c1ccc(F)cc1. The van der Waals surface area contributed by atoms with Gasteiger partial charge in [-0.15, -0.1) is 0 Å². The van der Waals surface area contributed by atoms with Gasteiger partial charge in [-0.05, 0) is 71.8 Å². The predicted octanol–water partition coefficient (Wildman–Crippen LogP) is 7.22. The van der Waals surface area contributed by atoms with Gasteiger partial charge in [0.2, 0.25) is 0 Å². The summed E-state index contributed by atoms with van der Waals surface area (Å²) < 4.78 is 27.2. The first-order valence-corrected chi connectivity index (χ1v) is 9.97. The molecule has 0 unspecified atom stereocenters. The number of halogens is 2. The molecule has 1 heterocycles. The van der Waals surface area contributed by atoms with Crippen LogP contribution in [0.4, 0.5) is 8.78 Å². The number of hydrogen-bond donors (Lipinski definition) is 0. The van der Waals surface area contributed by atoms with Crippen molar-refractivity contribution in [2.24, 2.45) is 0 Å². The highest BCUT2D eigenvalue weighted by atomic mass is 19.1. The van der Waals surface area contributed by atoms with Crippen molar-refractivity contribution in [2.45, 2.75) is 6.92 Å². The summed E-state index contributed by atoms with van der Waals surface area (Å²) in [5.74, 6) is -0.618. The standard InChI is InChI=1S/C27H18F2N2/c1-17-14-23(29)12-13-24(17)27-26(19-8-10-22(28)11-9-19)31-25(16-30-27)21-7-6-18-4-2-3-5-20(18)15-21/h2-16H,1H3. The van der Waals surface area contributed by atoms with Gasteiger partial charge in [-0.1, -0.05) is 36.4 Å². The van der Waals surface area contributed by atoms with Crippen LogP contribution in [0.25, 0.3) is 44.5 Å². The maximum Gasteiger partial charge on any atom is 0.123 e. The zero-order chi connectivity index (χ0) is 21.4. The average molecular weight is 408 g/mol. The second kappa shape index (κ2) is 7.73. The molecule has 5 rings (SSSR count). The highest BCUT2D eigenvalue weighted by Crippen LogP contribution is 2.33. The maximum atomic E-state index is 13.7. The Balaban J connectivity index is 1.71.